The van der Waals surface area contributed by atoms with Crippen LogP contribution in [0.4, 0.5) is 5.69 Å². The van der Waals surface area contributed by atoms with E-state index in [2.05, 4.69) is 72.4 Å². The van der Waals surface area contributed by atoms with Crippen LogP contribution < -0.4 is 4.90 Å². The smallest absolute Gasteiger partial charge is 0.102 e. The van der Waals surface area contributed by atoms with Crippen molar-refractivity contribution in [2.45, 2.75) is 39.2 Å². The molecule has 0 N–H and O–H groups in total. The molecule has 0 fully saturated rings. The average molecular weight is 367 g/mol. The van der Waals surface area contributed by atoms with Crippen molar-refractivity contribution in [1.29, 1.82) is 0 Å². The lowest BCUT2D eigenvalue weighted by molar-refractivity contribution is 0.590. The van der Waals surface area contributed by atoms with Crippen LogP contribution in [0.5, 0.6) is 0 Å². The fraction of sp³-hybridized carbons (Fsp3) is 0.333. The Morgan fingerprint density at radius 1 is 1.08 bits per heavy atom. The lowest BCUT2D eigenvalue weighted by atomic mass is 9.87. The molecule has 2 aromatic carbocycles. The van der Waals surface area contributed by atoms with Gasteiger partial charge in [-0.05, 0) is 53.3 Å². The summed E-state index contributed by atoms with van der Waals surface area (Å²) in [5.41, 5.74) is 6.02. The zero-order chi connectivity index (χ0) is 18.3. The second-order valence-electron chi connectivity index (χ2n) is 7.90. The van der Waals surface area contributed by atoms with Gasteiger partial charge < -0.3 is 4.90 Å². The van der Waals surface area contributed by atoms with E-state index in [1.165, 1.54) is 16.8 Å². The Balaban J connectivity index is 1.51. The number of nitrogens with zero attached hydrogens (tertiary/aromatic N) is 4. The maximum absolute atomic E-state index is 6.10. The fourth-order valence-electron chi connectivity index (χ4n) is 3.41. The van der Waals surface area contributed by atoms with Crippen molar-refractivity contribution in [1.82, 2.24) is 15.0 Å². The molecule has 1 aliphatic heterocycles. The first-order valence-corrected chi connectivity index (χ1v) is 9.33. The van der Waals surface area contributed by atoms with Crippen molar-refractivity contribution in [2.24, 2.45) is 0 Å². The monoisotopic (exact) mass is 366 g/mol. The molecule has 0 amide bonds. The third-order valence-electron chi connectivity index (χ3n) is 4.92. The Morgan fingerprint density at radius 3 is 2.58 bits per heavy atom. The van der Waals surface area contributed by atoms with Crippen LogP contribution in [0.2, 0.25) is 5.02 Å². The summed E-state index contributed by atoms with van der Waals surface area (Å²) < 4.78 is 1.85. The quantitative estimate of drug-likeness (QED) is 0.668. The van der Waals surface area contributed by atoms with E-state index < -0.39 is 0 Å². The van der Waals surface area contributed by atoms with Gasteiger partial charge in [-0.1, -0.05) is 49.7 Å². The van der Waals surface area contributed by atoms with Gasteiger partial charge in [-0.2, -0.15) is 0 Å². The topological polar surface area (TPSA) is 34.0 Å². The van der Waals surface area contributed by atoms with Crippen LogP contribution in [0.3, 0.4) is 0 Å². The van der Waals surface area contributed by atoms with Crippen molar-refractivity contribution < 1.29 is 0 Å². The summed E-state index contributed by atoms with van der Waals surface area (Å²) in [5.74, 6) is 0. The molecule has 1 aliphatic rings. The van der Waals surface area contributed by atoms with Crippen molar-refractivity contribution >= 4 is 17.3 Å². The molecule has 4 nitrogen and oxygen atoms in total. The molecule has 0 bridgehead atoms. The van der Waals surface area contributed by atoms with Crippen molar-refractivity contribution in [3.8, 4) is 5.69 Å². The van der Waals surface area contributed by atoms with Crippen LogP contribution in [-0.4, -0.2) is 21.5 Å². The molecule has 5 heteroatoms. The van der Waals surface area contributed by atoms with Gasteiger partial charge in [0.05, 0.1) is 18.4 Å². The number of hydrogen-bond acceptors (Lipinski definition) is 3. The summed E-state index contributed by atoms with van der Waals surface area (Å²) in [6.07, 6.45) is 3.04. The number of hydrogen-bond donors (Lipinski definition) is 0. The number of halogens is 1. The lowest BCUT2D eigenvalue weighted by Crippen LogP contribution is -2.19. The molecular formula is C21H23ClN4. The Hall–Kier alpha value is -2.33. The van der Waals surface area contributed by atoms with Crippen LogP contribution in [0.25, 0.3) is 5.69 Å². The second-order valence-corrected chi connectivity index (χ2v) is 8.33. The minimum atomic E-state index is 0.151. The molecule has 26 heavy (non-hydrogen) atoms. The third kappa shape index (κ3) is 3.34. The first-order valence-electron chi connectivity index (χ1n) is 8.96. The van der Waals surface area contributed by atoms with Crippen LogP contribution >= 0.6 is 11.6 Å². The largest absolute Gasteiger partial charge is 0.365 e. The molecule has 2 heterocycles. The molecule has 0 radical (unpaired) electrons. The zero-order valence-electron chi connectivity index (χ0n) is 15.4. The molecule has 1 aromatic heterocycles. The number of anilines is 1. The Morgan fingerprint density at radius 2 is 1.85 bits per heavy atom. The normalized spacial score (nSPS) is 13.9. The van der Waals surface area contributed by atoms with Gasteiger partial charge in [0.2, 0.25) is 0 Å². The molecule has 0 saturated heterocycles. The van der Waals surface area contributed by atoms with Gasteiger partial charge in [-0.3, -0.25) is 0 Å². The van der Waals surface area contributed by atoms with Gasteiger partial charge in [0, 0.05) is 17.3 Å². The molecule has 0 atom stereocenters. The minimum Gasteiger partial charge on any atom is -0.365 e. The van der Waals surface area contributed by atoms with Crippen LogP contribution in [0, 0.1) is 0 Å². The lowest BCUT2D eigenvalue weighted by Gasteiger charge is -2.19. The summed E-state index contributed by atoms with van der Waals surface area (Å²) in [6, 6.07) is 14.6. The Kier molecular flexibility index (Phi) is 4.23. The molecule has 0 saturated carbocycles. The molecule has 0 spiro atoms. The number of benzene rings is 2. The predicted molar refractivity (Wildman–Crippen MR) is 106 cm³/mol. The second kappa shape index (κ2) is 6.44. The predicted octanol–water partition coefficient (Wildman–Crippen LogP) is 4.78. The minimum absolute atomic E-state index is 0.151. The standard InChI is InChI=1S/C21H23ClN4/c1-21(2,3)16-4-7-19(8-5-16)26-14-18(23-24-26)13-25-11-10-15-12-17(22)6-9-20(15)25/h4-9,12,14H,10-11,13H2,1-3H3. The van der Waals surface area contributed by atoms with E-state index in [-0.39, 0.29) is 5.41 Å². The van der Waals surface area contributed by atoms with Crippen molar-refractivity contribution in [2.75, 3.05) is 11.4 Å². The molecular weight excluding hydrogens is 344 g/mol. The zero-order valence-corrected chi connectivity index (χ0v) is 16.2. The number of fused-ring (bicyclic) bond motifs is 1. The van der Waals surface area contributed by atoms with Gasteiger partial charge in [-0.15, -0.1) is 5.10 Å². The van der Waals surface area contributed by atoms with E-state index in [1.54, 1.807) is 0 Å². The summed E-state index contributed by atoms with van der Waals surface area (Å²) in [4.78, 5) is 2.34. The summed E-state index contributed by atoms with van der Waals surface area (Å²) in [7, 11) is 0. The summed E-state index contributed by atoms with van der Waals surface area (Å²) >= 11 is 6.10. The van der Waals surface area contributed by atoms with Crippen molar-refractivity contribution in [3.05, 3.63) is 70.5 Å². The maximum Gasteiger partial charge on any atom is 0.102 e. The summed E-state index contributed by atoms with van der Waals surface area (Å²) in [6.45, 7) is 8.40. The van der Waals surface area contributed by atoms with Gasteiger partial charge in [-0.25, -0.2) is 4.68 Å². The highest BCUT2D eigenvalue weighted by Crippen LogP contribution is 2.31. The summed E-state index contributed by atoms with van der Waals surface area (Å²) in [5, 5.41) is 9.47. The van der Waals surface area contributed by atoms with E-state index in [4.69, 9.17) is 11.6 Å². The highest BCUT2D eigenvalue weighted by atomic mass is 35.5. The first kappa shape index (κ1) is 17.1. The maximum atomic E-state index is 6.10. The average Bonchev–Trinajstić information content (AvgIpc) is 3.22. The van der Waals surface area contributed by atoms with Crippen LogP contribution in [-0.2, 0) is 18.4 Å². The van der Waals surface area contributed by atoms with Crippen LogP contribution in [0.15, 0.2) is 48.7 Å². The highest BCUT2D eigenvalue weighted by Gasteiger charge is 2.20. The van der Waals surface area contributed by atoms with Gasteiger partial charge in [0.25, 0.3) is 0 Å². The molecule has 4 rings (SSSR count). The first-order chi connectivity index (χ1) is 12.4. The van der Waals surface area contributed by atoms with Gasteiger partial charge in [0.15, 0.2) is 0 Å². The SMILES string of the molecule is CC(C)(C)c1ccc(-n2cc(CN3CCc4cc(Cl)ccc43)nn2)cc1. The highest BCUT2D eigenvalue weighted by molar-refractivity contribution is 6.30. The van der Waals surface area contributed by atoms with E-state index >= 15 is 0 Å². The van der Waals surface area contributed by atoms with E-state index in [1.807, 2.05) is 16.9 Å². The molecule has 3 aromatic rings. The van der Waals surface area contributed by atoms with Crippen molar-refractivity contribution in [3.63, 3.8) is 0 Å². The Bertz CT molecular complexity index is 922. The number of aromatic nitrogens is 3. The molecule has 0 unspecified atom stereocenters. The number of rotatable bonds is 3. The Labute approximate surface area is 159 Å². The van der Waals surface area contributed by atoms with Crippen LogP contribution in [0.1, 0.15) is 37.6 Å². The van der Waals surface area contributed by atoms with Gasteiger partial charge >= 0.3 is 0 Å². The molecule has 0 aliphatic carbocycles. The van der Waals surface area contributed by atoms with Gasteiger partial charge in [0.1, 0.15) is 5.69 Å². The van der Waals surface area contributed by atoms with E-state index in [0.717, 1.165) is 35.9 Å². The van der Waals surface area contributed by atoms with E-state index in [0.29, 0.717) is 0 Å². The third-order valence-corrected chi connectivity index (χ3v) is 5.16. The van der Waals surface area contributed by atoms with E-state index in [9.17, 15) is 0 Å². The fourth-order valence-corrected chi connectivity index (χ4v) is 3.60. The molecule has 134 valence electrons.